The van der Waals surface area contributed by atoms with Gasteiger partial charge in [0.15, 0.2) is 0 Å². The third kappa shape index (κ3) is 5.19. The number of aliphatic carboxylic acids is 1. The molecule has 2 saturated heterocycles. The first kappa shape index (κ1) is 18.7. The van der Waals surface area contributed by atoms with E-state index in [1.54, 1.807) is 0 Å². The third-order valence-corrected chi connectivity index (χ3v) is 5.20. The number of benzene rings is 1. The highest BCUT2D eigenvalue weighted by Gasteiger charge is 2.25. The summed E-state index contributed by atoms with van der Waals surface area (Å²) in [6.07, 6.45) is 1.45. The van der Waals surface area contributed by atoms with Crippen LogP contribution in [0.1, 0.15) is 18.4 Å². The van der Waals surface area contributed by atoms with E-state index in [0.717, 1.165) is 44.6 Å². The van der Waals surface area contributed by atoms with E-state index in [9.17, 15) is 9.59 Å². The zero-order chi connectivity index (χ0) is 18.4. The molecule has 0 spiro atoms. The van der Waals surface area contributed by atoms with E-state index in [2.05, 4.69) is 39.8 Å². The van der Waals surface area contributed by atoms with Gasteiger partial charge in [0.25, 0.3) is 0 Å². The van der Waals surface area contributed by atoms with Crippen molar-refractivity contribution in [2.75, 3.05) is 50.7 Å². The molecule has 2 heterocycles. The van der Waals surface area contributed by atoms with Crippen LogP contribution in [0.5, 0.6) is 0 Å². The first-order valence-electron chi connectivity index (χ1n) is 9.38. The molecule has 2 fully saturated rings. The molecule has 7 nitrogen and oxygen atoms in total. The van der Waals surface area contributed by atoms with Crippen molar-refractivity contribution < 1.29 is 14.7 Å². The van der Waals surface area contributed by atoms with Gasteiger partial charge >= 0.3 is 5.97 Å². The van der Waals surface area contributed by atoms with Crippen LogP contribution in [-0.4, -0.2) is 67.7 Å². The standard InChI is InChI=1S/C19H28N4O3/c24-18(25)14-22-9-5-16(6-10-22)19(26)21-13-15-1-3-17(4-2-15)23-11-7-20-8-12-23/h1-4,16,20H,5-14H2,(H,21,26)(H,24,25). The first-order chi connectivity index (χ1) is 12.6. The molecule has 7 heteroatoms. The number of hydrogen-bond donors (Lipinski definition) is 3. The predicted octanol–water partition coefficient (Wildman–Crippen LogP) is 0.509. The fourth-order valence-corrected chi connectivity index (χ4v) is 3.63. The van der Waals surface area contributed by atoms with Crippen molar-refractivity contribution in [1.82, 2.24) is 15.5 Å². The highest BCUT2D eigenvalue weighted by atomic mass is 16.4. The van der Waals surface area contributed by atoms with Gasteiger partial charge in [0.05, 0.1) is 6.54 Å². The summed E-state index contributed by atoms with van der Waals surface area (Å²) in [5.74, 6) is -0.747. The lowest BCUT2D eigenvalue weighted by Crippen LogP contribution is -2.43. The van der Waals surface area contributed by atoms with Crippen LogP contribution in [0, 0.1) is 5.92 Å². The number of hydrogen-bond acceptors (Lipinski definition) is 5. The second-order valence-electron chi connectivity index (χ2n) is 7.07. The van der Waals surface area contributed by atoms with Crippen molar-refractivity contribution in [3.8, 4) is 0 Å². The van der Waals surface area contributed by atoms with Gasteiger partial charge < -0.3 is 20.6 Å². The van der Waals surface area contributed by atoms with Gasteiger partial charge in [-0.2, -0.15) is 0 Å². The van der Waals surface area contributed by atoms with Gasteiger partial charge in [-0.15, -0.1) is 0 Å². The van der Waals surface area contributed by atoms with E-state index < -0.39 is 5.97 Å². The molecule has 142 valence electrons. The van der Waals surface area contributed by atoms with Crippen LogP contribution in [0.25, 0.3) is 0 Å². The normalized spacial score (nSPS) is 19.3. The number of amides is 1. The lowest BCUT2D eigenvalue weighted by molar-refractivity contribution is -0.138. The molecular formula is C19H28N4O3. The third-order valence-electron chi connectivity index (χ3n) is 5.20. The van der Waals surface area contributed by atoms with Gasteiger partial charge in [-0.1, -0.05) is 12.1 Å². The highest BCUT2D eigenvalue weighted by Crippen LogP contribution is 2.18. The number of likely N-dealkylation sites (tertiary alicyclic amines) is 1. The molecule has 2 aliphatic heterocycles. The molecule has 26 heavy (non-hydrogen) atoms. The molecule has 0 saturated carbocycles. The van der Waals surface area contributed by atoms with Crippen molar-refractivity contribution in [3.05, 3.63) is 29.8 Å². The van der Waals surface area contributed by atoms with Crippen LogP contribution in [0.15, 0.2) is 24.3 Å². The lowest BCUT2D eigenvalue weighted by Gasteiger charge is -2.30. The minimum absolute atomic E-state index is 0.0137. The molecule has 0 unspecified atom stereocenters. The van der Waals surface area contributed by atoms with Crippen molar-refractivity contribution >= 4 is 17.6 Å². The topological polar surface area (TPSA) is 84.9 Å². The number of carbonyl (C=O) groups excluding carboxylic acids is 1. The smallest absolute Gasteiger partial charge is 0.317 e. The number of anilines is 1. The fourth-order valence-electron chi connectivity index (χ4n) is 3.63. The minimum atomic E-state index is -0.808. The van der Waals surface area contributed by atoms with E-state index in [1.165, 1.54) is 5.69 Å². The van der Waals surface area contributed by atoms with Crippen LogP contribution < -0.4 is 15.5 Å². The molecule has 3 rings (SSSR count). The molecule has 1 amide bonds. The molecule has 0 aliphatic carbocycles. The van der Waals surface area contributed by atoms with E-state index in [0.29, 0.717) is 19.6 Å². The number of nitrogens with zero attached hydrogens (tertiary/aromatic N) is 2. The zero-order valence-electron chi connectivity index (χ0n) is 15.1. The van der Waals surface area contributed by atoms with Crippen molar-refractivity contribution in [2.45, 2.75) is 19.4 Å². The highest BCUT2D eigenvalue weighted by molar-refractivity contribution is 5.78. The molecule has 1 aromatic rings. The number of piperidine rings is 1. The van der Waals surface area contributed by atoms with Crippen LogP contribution in [0.2, 0.25) is 0 Å². The maximum atomic E-state index is 12.4. The largest absolute Gasteiger partial charge is 0.480 e. The maximum absolute atomic E-state index is 12.4. The molecule has 3 N–H and O–H groups in total. The Hall–Kier alpha value is -2.12. The Morgan fingerprint density at radius 3 is 2.35 bits per heavy atom. The van der Waals surface area contributed by atoms with E-state index >= 15 is 0 Å². The summed E-state index contributed by atoms with van der Waals surface area (Å²) in [7, 11) is 0. The predicted molar refractivity (Wildman–Crippen MR) is 100 cm³/mol. The van der Waals surface area contributed by atoms with Crippen LogP contribution in [0.3, 0.4) is 0 Å². The number of carbonyl (C=O) groups is 2. The Bertz CT molecular complexity index is 606. The molecule has 0 bridgehead atoms. The van der Waals surface area contributed by atoms with E-state index in [1.807, 2.05) is 4.90 Å². The van der Waals surface area contributed by atoms with Gasteiger partial charge in [-0.3, -0.25) is 14.5 Å². The van der Waals surface area contributed by atoms with Gasteiger partial charge in [-0.05, 0) is 43.6 Å². The number of carboxylic acid groups (broad SMARTS) is 1. The van der Waals surface area contributed by atoms with E-state index in [4.69, 9.17) is 5.11 Å². The molecular weight excluding hydrogens is 332 g/mol. The van der Waals surface area contributed by atoms with Crippen molar-refractivity contribution in [1.29, 1.82) is 0 Å². The SMILES string of the molecule is O=C(O)CN1CCC(C(=O)NCc2ccc(N3CCNCC3)cc2)CC1. The Balaban J connectivity index is 1.42. The number of rotatable bonds is 6. The lowest BCUT2D eigenvalue weighted by atomic mass is 9.96. The molecule has 1 aromatic carbocycles. The molecule has 0 atom stereocenters. The summed E-state index contributed by atoms with van der Waals surface area (Å²) in [5.41, 5.74) is 2.33. The summed E-state index contributed by atoms with van der Waals surface area (Å²) in [5, 5.41) is 15.2. The average Bonchev–Trinajstić information content (AvgIpc) is 2.67. The quantitative estimate of drug-likeness (QED) is 0.685. The molecule has 0 radical (unpaired) electrons. The van der Waals surface area contributed by atoms with Crippen molar-refractivity contribution in [2.24, 2.45) is 5.92 Å². The van der Waals surface area contributed by atoms with Gasteiger partial charge in [0.2, 0.25) is 5.91 Å². The first-order valence-corrected chi connectivity index (χ1v) is 9.38. The summed E-state index contributed by atoms with van der Waals surface area (Å²) in [6, 6.07) is 8.40. The summed E-state index contributed by atoms with van der Waals surface area (Å²) >= 11 is 0. The second-order valence-corrected chi connectivity index (χ2v) is 7.07. The molecule has 2 aliphatic rings. The Kier molecular flexibility index (Phi) is 6.46. The van der Waals surface area contributed by atoms with Crippen LogP contribution in [0.4, 0.5) is 5.69 Å². The summed E-state index contributed by atoms with van der Waals surface area (Å²) in [6.45, 7) is 6.02. The van der Waals surface area contributed by atoms with E-state index in [-0.39, 0.29) is 18.4 Å². The number of carboxylic acids is 1. The van der Waals surface area contributed by atoms with Crippen LogP contribution in [-0.2, 0) is 16.1 Å². The van der Waals surface area contributed by atoms with Crippen molar-refractivity contribution in [3.63, 3.8) is 0 Å². The fraction of sp³-hybridized carbons (Fsp3) is 0.579. The number of nitrogens with one attached hydrogen (secondary N) is 2. The Morgan fingerprint density at radius 1 is 1.08 bits per heavy atom. The zero-order valence-corrected chi connectivity index (χ0v) is 15.1. The average molecular weight is 360 g/mol. The monoisotopic (exact) mass is 360 g/mol. The van der Waals surface area contributed by atoms with Gasteiger partial charge in [0.1, 0.15) is 0 Å². The minimum Gasteiger partial charge on any atom is -0.480 e. The van der Waals surface area contributed by atoms with Gasteiger partial charge in [0, 0.05) is 44.3 Å². The summed E-state index contributed by atoms with van der Waals surface area (Å²) < 4.78 is 0. The second kappa shape index (κ2) is 9.00. The molecule has 0 aromatic heterocycles. The summed E-state index contributed by atoms with van der Waals surface area (Å²) in [4.78, 5) is 27.3. The number of piperazine rings is 1. The van der Waals surface area contributed by atoms with Gasteiger partial charge in [-0.25, -0.2) is 0 Å². The van der Waals surface area contributed by atoms with Crippen LogP contribution >= 0.6 is 0 Å². The maximum Gasteiger partial charge on any atom is 0.317 e. The Labute approximate surface area is 154 Å². The Morgan fingerprint density at radius 2 is 1.73 bits per heavy atom.